The number of alkyl halides is 1. The van der Waals surface area contributed by atoms with Gasteiger partial charge in [0.2, 0.25) is 5.91 Å². The second-order valence-corrected chi connectivity index (χ2v) is 9.56. The second kappa shape index (κ2) is 9.95. The molecule has 9 heteroatoms. The summed E-state index contributed by atoms with van der Waals surface area (Å²) in [6.07, 6.45) is 1.09. The molecule has 5 rings (SSSR count). The number of methoxy groups -OCH3 is 1. The smallest absolute Gasteiger partial charge is 0.328 e. The number of esters is 1. The van der Waals surface area contributed by atoms with E-state index in [4.69, 9.17) is 16.3 Å². The minimum atomic E-state index is -0.834. The van der Waals surface area contributed by atoms with E-state index < -0.39 is 18.1 Å². The molecular formula is C27H28ClN3O5. The lowest BCUT2D eigenvalue weighted by Crippen LogP contribution is -2.52. The van der Waals surface area contributed by atoms with Crippen molar-refractivity contribution in [1.29, 1.82) is 0 Å². The lowest BCUT2D eigenvalue weighted by Gasteiger charge is -2.40. The zero-order chi connectivity index (χ0) is 25.4. The van der Waals surface area contributed by atoms with E-state index in [1.165, 1.54) is 12.0 Å². The van der Waals surface area contributed by atoms with Crippen molar-refractivity contribution in [3.63, 3.8) is 0 Å². The molecule has 0 unspecified atom stereocenters. The quantitative estimate of drug-likeness (QED) is 0.416. The van der Waals surface area contributed by atoms with E-state index >= 15 is 0 Å². The van der Waals surface area contributed by atoms with Gasteiger partial charge in [-0.3, -0.25) is 9.59 Å². The number of likely N-dealkylation sites (tertiary alicyclic amines) is 1. The Bertz CT molecular complexity index is 1300. The normalized spacial score (nSPS) is 20.3. The zero-order valence-electron chi connectivity index (χ0n) is 19.9. The van der Waals surface area contributed by atoms with Crippen molar-refractivity contribution in [2.24, 2.45) is 0 Å². The third-order valence-electron chi connectivity index (χ3n) is 7.23. The number of aliphatic hydroxyl groups is 1. The number of piperidine rings is 1. The predicted molar refractivity (Wildman–Crippen MR) is 135 cm³/mol. The van der Waals surface area contributed by atoms with Crippen LogP contribution in [0.3, 0.4) is 0 Å². The third-order valence-corrected chi connectivity index (χ3v) is 7.46. The van der Waals surface area contributed by atoms with Gasteiger partial charge in [-0.1, -0.05) is 30.3 Å². The van der Waals surface area contributed by atoms with Gasteiger partial charge in [-0.25, -0.2) is 4.79 Å². The number of aromatic nitrogens is 1. The summed E-state index contributed by atoms with van der Waals surface area (Å²) in [4.78, 5) is 45.7. The van der Waals surface area contributed by atoms with Gasteiger partial charge in [-0.2, -0.15) is 0 Å². The fourth-order valence-corrected chi connectivity index (χ4v) is 5.53. The van der Waals surface area contributed by atoms with Crippen LogP contribution in [0.25, 0.3) is 10.9 Å². The zero-order valence-corrected chi connectivity index (χ0v) is 20.7. The summed E-state index contributed by atoms with van der Waals surface area (Å²) in [5, 5.41) is 10.7. The van der Waals surface area contributed by atoms with Crippen LogP contribution in [-0.2, 0) is 20.7 Å². The first-order valence-electron chi connectivity index (χ1n) is 12.0. The van der Waals surface area contributed by atoms with Crippen molar-refractivity contribution >= 4 is 40.3 Å². The summed E-state index contributed by atoms with van der Waals surface area (Å²) in [6, 6.07) is 13.5. The van der Waals surface area contributed by atoms with Crippen molar-refractivity contribution in [1.82, 2.24) is 14.8 Å². The third kappa shape index (κ3) is 4.24. The van der Waals surface area contributed by atoms with Gasteiger partial charge in [0.1, 0.15) is 11.9 Å². The maximum absolute atomic E-state index is 13.1. The van der Waals surface area contributed by atoms with Crippen molar-refractivity contribution in [2.45, 2.75) is 37.5 Å². The maximum atomic E-state index is 13.1. The molecule has 2 N–H and O–H groups in total. The largest absolute Gasteiger partial charge is 0.467 e. The predicted octanol–water partition coefficient (Wildman–Crippen LogP) is 3.02. The average Bonchev–Trinajstić information content (AvgIpc) is 3.29. The number of fused-ring (bicyclic) bond motifs is 3. The van der Waals surface area contributed by atoms with Gasteiger partial charge in [-0.05, 0) is 42.2 Å². The average molecular weight is 510 g/mol. The molecular weight excluding hydrogens is 482 g/mol. The summed E-state index contributed by atoms with van der Waals surface area (Å²) in [7, 11) is 1.31. The number of nitrogens with one attached hydrogen (secondary N) is 1. The molecule has 1 fully saturated rings. The Kier molecular flexibility index (Phi) is 6.73. The first kappa shape index (κ1) is 24.3. The molecule has 2 amide bonds. The Morgan fingerprint density at radius 2 is 1.78 bits per heavy atom. The summed E-state index contributed by atoms with van der Waals surface area (Å²) < 4.78 is 5.07. The molecule has 1 saturated heterocycles. The van der Waals surface area contributed by atoms with Crippen LogP contribution >= 0.6 is 11.6 Å². The molecule has 3 aromatic rings. The molecule has 0 aliphatic carbocycles. The standard InChI is InChI=1S/C27H28ClN3O5/c1-36-27(35)22-14-20-19-4-2-3-5-21(19)29-24(20)25(31(22)23(33)15-28)16-6-8-17(9-7-16)26(34)30-12-10-18(32)11-13-30/h2-9,18,22,25,29,32H,10-15H2,1H3/t22-,25-/m1/s1. The van der Waals surface area contributed by atoms with Gasteiger partial charge in [-0.15, -0.1) is 11.6 Å². The Labute approximate surface area is 213 Å². The van der Waals surface area contributed by atoms with Crippen LogP contribution < -0.4 is 0 Å². The van der Waals surface area contributed by atoms with E-state index in [-0.39, 0.29) is 23.8 Å². The molecule has 36 heavy (non-hydrogen) atoms. The van der Waals surface area contributed by atoms with Crippen LogP contribution in [-0.4, -0.2) is 75.9 Å². The minimum absolute atomic E-state index is 0.0930. The highest BCUT2D eigenvalue weighted by Crippen LogP contribution is 2.41. The molecule has 0 saturated carbocycles. The van der Waals surface area contributed by atoms with Gasteiger partial charge in [0.15, 0.2) is 0 Å². The summed E-state index contributed by atoms with van der Waals surface area (Å²) in [5.74, 6) is -1.26. The van der Waals surface area contributed by atoms with Crippen molar-refractivity contribution < 1.29 is 24.2 Å². The van der Waals surface area contributed by atoms with Crippen LogP contribution in [0.4, 0.5) is 0 Å². The molecule has 2 aliphatic rings. The Hall–Kier alpha value is -3.36. The van der Waals surface area contributed by atoms with Gasteiger partial charge in [0.05, 0.1) is 19.3 Å². The van der Waals surface area contributed by atoms with Crippen LogP contribution in [0, 0.1) is 0 Å². The van der Waals surface area contributed by atoms with Gasteiger partial charge >= 0.3 is 5.97 Å². The number of H-pyrrole nitrogens is 1. The number of hydrogen-bond acceptors (Lipinski definition) is 5. The number of amides is 2. The number of halogens is 1. The monoisotopic (exact) mass is 509 g/mol. The van der Waals surface area contributed by atoms with E-state index in [9.17, 15) is 19.5 Å². The molecule has 188 valence electrons. The van der Waals surface area contributed by atoms with Crippen LogP contribution in [0.1, 0.15) is 46.1 Å². The highest BCUT2D eigenvalue weighted by atomic mass is 35.5. The molecule has 2 atom stereocenters. The molecule has 3 heterocycles. The van der Waals surface area contributed by atoms with Crippen LogP contribution in [0.2, 0.25) is 0 Å². The van der Waals surface area contributed by atoms with Gasteiger partial charge < -0.3 is 24.6 Å². The number of rotatable bonds is 4. The topological polar surface area (TPSA) is 103 Å². The number of aliphatic hydroxyl groups excluding tert-OH is 1. The number of ether oxygens (including phenoxy) is 1. The molecule has 0 spiro atoms. The number of carbonyl (C=O) groups excluding carboxylic acids is 3. The number of hydrogen-bond donors (Lipinski definition) is 2. The summed E-state index contributed by atoms with van der Waals surface area (Å²) in [6.45, 7) is 1.03. The van der Waals surface area contributed by atoms with Gasteiger partial charge in [0.25, 0.3) is 5.91 Å². The Morgan fingerprint density at radius 3 is 2.44 bits per heavy atom. The van der Waals surface area contributed by atoms with E-state index in [1.807, 2.05) is 36.4 Å². The lowest BCUT2D eigenvalue weighted by molar-refractivity contribution is -0.154. The number of carbonyl (C=O) groups is 3. The molecule has 0 radical (unpaired) electrons. The summed E-state index contributed by atoms with van der Waals surface area (Å²) >= 11 is 6.00. The maximum Gasteiger partial charge on any atom is 0.328 e. The molecule has 2 aromatic carbocycles. The van der Waals surface area contributed by atoms with Crippen molar-refractivity contribution in [3.05, 3.63) is 70.9 Å². The SMILES string of the molecule is COC(=O)[C@H]1Cc2c([nH]c3ccccc23)[C@@H](c2ccc(C(=O)N3CCC(O)CC3)cc2)N1C(=O)CCl. The van der Waals surface area contributed by atoms with E-state index in [2.05, 4.69) is 4.98 Å². The van der Waals surface area contributed by atoms with E-state index in [0.717, 1.165) is 27.7 Å². The van der Waals surface area contributed by atoms with E-state index in [1.54, 1.807) is 17.0 Å². The Morgan fingerprint density at radius 1 is 1.08 bits per heavy atom. The number of aromatic amines is 1. The van der Waals surface area contributed by atoms with Crippen molar-refractivity contribution in [3.8, 4) is 0 Å². The highest BCUT2D eigenvalue weighted by Gasteiger charge is 2.43. The Balaban J connectivity index is 1.57. The summed E-state index contributed by atoms with van der Waals surface area (Å²) in [5.41, 5.74) is 3.97. The minimum Gasteiger partial charge on any atom is -0.467 e. The molecule has 1 aromatic heterocycles. The second-order valence-electron chi connectivity index (χ2n) is 9.29. The van der Waals surface area contributed by atoms with E-state index in [0.29, 0.717) is 37.9 Å². The van der Waals surface area contributed by atoms with Crippen molar-refractivity contribution in [2.75, 3.05) is 26.1 Å². The number of benzene rings is 2. The molecule has 0 bridgehead atoms. The fourth-order valence-electron chi connectivity index (χ4n) is 5.39. The lowest BCUT2D eigenvalue weighted by atomic mass is 9.87. The molecule has 8 nitrogen and oxygen atoms in total. The first-order chi connectivity index (χ1) is 17.4. The first-order valence-corrected chi connectivity index (χ1v) is 12.6. The number of para-hydroxylation sites is 1. The van der Waals surface area contributed by atoms with Gasteiger partial charge in [0, 0.05) is 41.7 Å². The highest BCUT2D eigenvalue weighted by molar-refractivity contribution is 6.27. The number of nitrogens with zero attached hydrogens (tertiary/aromatic N) is 2. The van der Waals surface area contributed by atoms with Crippen LogP contribution in [0.5, 0.6) is 0 Å². The van der Waals surface area contributed by atoms with Crippen LogP contribution in [0.15, 0.2) is 48.5 Å². The molecule has 2 aliphatic heterocycles. The fraction of sp³-hybridized carbons (Fsp3) is 0.370.